The molecule has 4 nitrogen and oxygen atoms in total. The number of benzene rings is 2. The van der Waals surface area contributed by atoms with E-state index in [2.05, 4.69) is 16.6 Å². The number of hydrogen-bond acceptors (Lipinski definition) is 3. The first kappa shape index (κ1) is 16.0. The molecule has 1 N–H and O–H groups in total. The molecule has 0 fully saturated rings. The standard InChI is InChI=1S/C16H14FNO3S/c1-21-15-5-2-6-16(12-15)22(19,20)18-11-3-4-13-7-9-14(17)10-8-13/h2,5-10,12,18H,11H2,1H3. The fourth-order valence-electron chi connectivity index (χ4n) is 1.66. The highest BCUT2D eigenvalue weighted by Crippen LogP contribution is 2.16. The van der Waals surface area contributed by atoms with Crippen LogP contribution in [0.15, 0.2) is 53.4 Å². The third-order valence-corrected chi connectivity index (χ3v) is 4.18. The van der Waals surface area contributed by atoms with Crippen molar-refractivity contribution in [1.29, 1.82) is 0 Å². The van der Waals surface area contributed by atoms with Crippen molar-refractivity contribution in [3.8, 4) is 17.6 Å². The maximum atomic E-state index is 12.7. The summed E-state index contributed by atoms with van der Waals surface area (Å²) in [6, 6.07) is 11.8. The zero-order chi connectivity index (χ0) is 16.0. The van der Waals surface area contributed by atoms with Crippen LogP contribution in [0.5, 0.6) is 5.75 Å². The zero-order valence-corrected chi connectivity index (χ0v) is 12.7. The van der Waals surface area contributed by atoms with Gasteiger partial charge in [0, 0.05) is 11.6 Å². The van der Waals surface area contributed by atoms with Gasteiger partial charge < -0.3 is 4.74 Å². The smallest absolute Gasteiger partial charge is 0.241 e. The van der Waals surface area contributed by atoms with Gasteiger partial charge in [-0.05, 0) is 36.4 Å². The van der Waals surface area contributed by atoms with Gasteiger partial charge in [0.2, 0.25) is 10.0 Å². The van der Waals surface area contributed by atoms with E-state index in [0.29, 0.717) is 11.3 Å². The molecule has 0 aliphatic carbocycles. The Morgan fingerprint density at radius 1 is 1.18 bits per heavy atom. The maximum Gasteiger partial charge on any atom is 0.241 e. The Morgan fingerprint density at radius 3 is 2.59 bits per heavy atom. The lowest BCUT2D eigenvalue weighted by molar-refractivity contribution is 0.413. The van der Waals surface area contributed by atoms with E-state index in [1.165, 1.54) is 43.5 Å². The minimum atomic E-state index is -3.65. The Morgan fingerprint density at radius 2 is 1.91 bits per heavy atom. The highest BCUT2D eigenvalue weighted by Gasteiger charge is 2.13. The van der Waals surface area contributed by atoms with Crippen LogP contribution in [0.3, 0.4) is 0 Å². The van der Waals surface area contributed by atoms with Crippen molar-refractivity contribution in [3.05, 3.63) is 59.9 Å². The van der Waals surface area contributed by atoms with E-state index in [1.807, 2.05) is 0 Å². The molecular formula is C16H14FNO3S. The Labute approximate surface area is 129 Å². The molecule has 0 spiro atoms. The summed E-state index contributed by atoms with van der Waals surface area (Å²) >= 11 is 0. The molecule has 0 aromatic heterocycles. The van der Waals surface area contributed by atoms with Crippen molar-refractivity contribution in [1.82, 2.24) is 4.72 Å². The third kappa shape index (κ3) is 4.32. The monoisotopic (exact) mass is 319 g/mol. The number of ether oxygens (including phenoxy) is 1. The predicted octanol–water partition coefficient (Wildman–Crippen LogP) is 2.16. The average molecular weight is 319 g/mol. The lowest BCUT2D eigenvalue weighted by atomic mass is 10.2. The summed E-state index contributed by atoms with van der Waals surface area (Å²) in [6.45, 7) is -0.0447. The second-order valence-electron chi connectivity index (χ2n) is 4.31. The second kappa shape index (κ2) is 7.07. The first-order chi connectivity index (χ1) is 10.5. The largest absolute Gasteiger partial charge is 0.497 e. The van der Waals surface area contributed by atoms with Crippen molar-refractivity contribution < 1.29 is 17.5 Å². The van der Waals surface area contributed by atoms with Gasteiger partial charge in [-0.25, -0.2) is 12.8 Å². The fourth-order valence-corrected chi connectivity index (χ4v) is 2.62. The van der Waals surface area contributed by atoms with Crippen LogP contribution in [0.2, 0.25) is 0 Å². The SMILES string of the molecule is COc1cccc(S(=O)(=O)NCC#Cc2ccc(F)cc2)c1. The zero-order valence-electron chi connectivity index (χ0n) is 11.8. The minimum Gasteiger partial charge on any atom is -0.497 e. The molecule has 2 aromatic carbocycles. The molecule has 0 heterocycles. The van der Waals surface area contributed by atoms with Crippen LogP contribution in [0, 0.1) is 17.7 Å². The number of sulfonamides is 1. The predicted molar refractivity (Wildman–Crippen MR) is 81.5 cm³/mol. The van der Waals surface area contributed by atoms with Crippen molar-refractivity contribution in [2.75, 3.05) is 13.7 Å². The summed E-state index contributed by atoms with van der Waals surface area (Å²) in [5, 5.41) is 0. The lowest BCUT2D eigenvalue weighted by Crippen LogP contribution is -2.24. The highest BCUT2D eigenvalue weighted by atomic mass is 32.2. The van der Waals surface area contributed by atoms with E-state index in [-0.39, 0.29) is 17.3 Å². The van der Waals surface area contributed by atoms with E-state index in [4.69, 9.17) is 4.74 Å². The van der Waals surface area contributed by atoms with E-state index in [9.17, 15) is 12.8 Å². The first-order valence-electron chi connectivity index (χ1n) is 6.39. The Hall–Kier alpha value is -2.36. The molecule has 0 aliphatic heterocycles. The Kier molecular flexibility index (Phi) is 5.15. The average Bonchev–Trinajstić information content (AvgIpc) is 2.53. The van der Waals surface area contributed by atoms with Crippen LogP contribution in [-0.2, 0) is 10.0 Å². The molecule has 2 aromatic rings. The quantitative estimate of drug-likeness (QED) is 0.879. The lowest BCUT2D eigenvalue weighted by Gasteiger charge is -2.05. The summed E-state index contributed by atoms with van der Waals surface area (Å²) in [4.78, 5) is 0.107. The molecule has 6 heteroatoms. The molecule has 22 heavy (non-hydrogen) atoms. The molecule has 0 unspecified atom stereocenters. The molecule has 0 amide bonds. The molecule has 0 aliphatic rings. The van der Waals surface area contributed by atoms with Gasteiger partial charge in [0.05, 0.1) is 18.6 Å². The van der Waals surface area contributed by atoms with Gasteiger partial charge in [0.15, 0.2) is 0 Å². The number of halogens is 1. The third-order valence-electron chi connectivity index (χ3n) is 2.78. The van der Waals surface area contributed by atoms with Crippen LogP contribution in [0.4, 0.5) is 4.39 Å². The summed E-state index contributed by atoms with van der Waals surface area (Å²) in [5.41, 5.74) is 0.613. The van der Waals surface area contributed by atoms with Crippen molar-refractivity contribution in [3.63, 3.8) is 0 Å². The first-order valence-corrected chi connectivity index (χ1v) is 7.88. The highest BCUT2D eigenvalue weighted by molar-refractivity contribution is 7.89. The molecule has 0 radical (unpaired) electrons. The van der Waals surface area contributed by atoms with Gasteiger partial charge in [-0.15, -0.1) is 0 Å². The number of methoxy groups -OCH3 is 1. The molecule has 0 saturated carbocycles. The number of rotatable bonds is 4. The maximum absolute atomic E-state index is 12.7. The van der Waals surface area contributed by atoms with Gasteiger partial charge in [0.1, 0.15) is 11.6 Å². The van der Waals surface area contributed by atoms with Gasteiger partial charge in [-0.1, -0.05) is 17.9 Å². The van der Waals surface area contributed by atoms with Crippen LogP contribution < -0.4 is 9.46 Å². The Bertz CT molecular complexity index is 805. The van der Waals surface area contributed by atoms with E-state index >= 15 is 0 Å². The Balaban J connectivity index is 2.02. The van der Waals surface area contributed by atoms with Gasteiger partial charge in [0.25, 0.3) is 0 Å². The van der Waals surface area contributed by atoms with Gasteiger partial charge in [-0.3, -0.25) is 0 Å². The molecular weight excluding hydrogens is 305 g/mol. The number of nitrogens with one attached hydrogen (secondary N) is 1. The molecule has 114 valence electrons. The molecule has 0 bridgehead atoms. The summed E-state index contributed by atoms with van der Waals surface area (Å²) in [6.07, 6.45) is 0. The summed E-state index contributed by atoms with van der Waals surface area (Å²) < 4.78 is 44.2. The topological polar surface area (TPSA) is 55.4 Å². The molecule has 0 atom stereocenters. The molecule has 0 saturated heterocycles. The van der Waals surface area contributed by atoms with Crippen LogP contribution in [-0.4, -0.2) is 22.1 Å². The van der Waals surface area contributed by atoms with Crippen molar-refractivity contribution >= 4 is 10.0 Å². The van der Waals surface area contributed by atoms with E-state index in [1.54, 1.807) is 12.1 Å². The molecule has 2 rings (SSSR count). The van der Waals surface area contributed by atoms with Crippen molar-refractivity contribution in [2.24, 2.45) is 0 Å². The van der Waals surface area contributed by atoms with Crippen molar-refractivity contribution in [2.45, 2.75) is 4.90 Å². The minimum absolute atomic E-state index is 0.0447. The van der Waals surface area contributed by atoms with Crippen LogP contribution >= 0.6 is 0 Å². The van der Waals surface area contributed by atoms with Crippen LogP contribution in [0.25, 0.3) is 0 Å². The fraction of sp³-hybridized carbons (Fsp3) is 0.125. The van der Waals surface area contributed by atoms with E-state index in [0.717, 1.165) is 0 Å². The second-order valence-corrected chi connectivity index (χ2v) is 6.08. The summed E-state index contributed by atoms with van der Waals surface area (Å²) in [7, 11) is -2.18. The van der Waals surface area contributed by atoms with Crippen LogP contribution in [0.1, 0.15) is 5.56 Å². The van der Waals surface area contributed by atoms with E-state index < -0.39 is 10.0 Å². The van der Waals surface area contributed by atoms with Gasteiger partial charge >= 0.3 is 0 Å². The normalized spacial score (nSPS) is 10.6. The summed E-state index contributed by atoms with van der Waals surface area (Å²) in [5.74, 6) is 5.55. The van der Waals surface area contributed by atoms with Gasteiger partial charge in [-0.2, -0.15) is 4.72 Å². The number of hydrogen-bond donors (Lipinski definition) is 1.